The molecule has 1 aromatic heterocycles. The van der Waals surface area contributed by atoms with E-state index in [9.17, 15) is 4.79 Å². The van der Waals surface area contributed by atoms with Gasteiger partial charge in [0.05, 0.1) is 11.3 Å². The highest BCUT2D eigenvalue weighted by Gasteiger charge is 2.20. The fourth-order valence-electron chi connectivity index (χ4n) is 2.07. The third-order valence-electron chi connectivity index (χ3n) is 3.34. The second-order valence-electron chi connectivity index (χ2n) is 5.21. The van der Waals surface area contributed by atoms with Crippen LogP contribution in [0.1, 0.15) is 25.5 Å². The first-order valence-corrected chi connectivity index (χ1v) is 8.96. The zero-order valence-corrected chi connectivity index (χ0v) is 15.7. The van der Waals surface area contributed by atoms with Crippen LogP contribution in [0.2, 0.25) is 10.0 Å². The van der Waals surface area contributed by atoms with Crippen molar-refractivity contribution in [3.05, 3.63) is 52.8 Å². The lowest BCUT2D eigenvalue weighted by Gasteiger charge is -2.18. The van der Waals surface area contributed by atoms with Crippen LogP contribution in [-0.4, -0.2) is 25.9 Å². The van der Waals surface area contributed by atoms with E-state index in [1.165, 1.54) is 11.8 Å². The van der Waals surface area contributed by atoms with Crippen molar-refractivity contribution in [1.82, 2.24) is 20.1 Å². The number of hydrogen-bond acceptors (Lipinski definition) is 4. The van der Waals surface area contributed by atoms with Gasteiger partial charge in [-0.2, -0.15) is 0 Å². The van der Waals surface area contributed by atoms with E-state index in [1.807, 2.05) is 24.5 Å². The molecule has 1 aromatic carbocycles. The van der Waals surface area contributed by atoms with Crippen LogP contribution in [0.25, 0.3) is 0 Å². The van der Waals surface area contributed by atoms with Gasteiger partial charge in [-0.3, -0.25) is 4.79 Å². The minimum atomic E-state index is -0.328. The summed E-state index contributed by atoms with van der Waals surface area (Å²) in [4.78, 5) is 12.4. The Morgan fingerprint density at radius 3 is 2.88 bits per heavy atom. The van der Waals surface area contributed by atoms with Gasteiger partial charge in [-0.05, 0) is 31.5 Å². The molecule has 8 heteroatoms. The highest BCUT2D eigenvalue weighted by Crippen LogP contribution is 2.27. The molecular weight excluding hydrogens is 367 g/mol. The van der Waals surface area contributed by atoms with Gasteiger partial charge in [0.25, 0.3) is 0 Å². The Kier molecular flexibility index (Phi) is 6.71. The van der Waals surface area contributed by atoms with Gasteiger partial charge in [-0.1, -0.05) is 47.1 Å². The van der Waals surface area contributed by atoms with Crippen molar-refractivity contribution in [2.45, 2.75) is 36.8 Å². The number of hydrogen-bond donors (Lipinski definition) is 1. The zero-order chi connectivity index (χ0) is 17.7. The van der Waals surface area contributed by atoms with E-state index >= 15 is 0 Å². The van der Waals surface area contributed by atoms with Gasteiger partial charge in [0.15, 0.2) is 5.16 Å². The third kappa shape index (κ3) is 4.75. The first-order valence-electron chi connectivity index (χ1n) is 7.33. The number of carbonyl (C=O) groups excluding carboxylic acids is 1. The molecule has 0 bridgehead atoms. The Bertz CT molecular complexity index is 735. The van der Waals surface area contributed by atoms with Crippen molar-refractivity contribution in [3.8, 4) is 0 Å². The zero-order valence-electron chi connectivity index (χ0n) is 13.4. The molecule has 2 rings (SSSR count). The van der Waals surface area contributed by atoms with Crippen LogP contribution in [-0.2, 0) is 11.3 Å². The van der Waals surface area contributed by atoms with E-state index in [2.05, 4.69) is 22.1 Å². The van der Waals surface area contributed by atoms with Crippen LogP contribution < -0.4 is 5.32 Å². The van der Waals surface area contributed by atoms with Crippen molar-refractivity contribution in [2.75, 3.05) is 0 Å². The fourth-order valence-corrected chi connectivity index (χ4v) is 3.49. The molecule has 0 fully saturated rings. The molecule has 0 saturated heterocycles. The highest BCUT2D eigenvalue weighted by molar-refractivity contribution is 8.00. The number of benzene rings is 1. The van der Waals surface area contributed by atoms with Crippen molar-refractivity contribution in [1.29, 1.82) is 0 Å². The second-order valence-corrected chi connectivity index (χ2v) is 7.36. The maximum atomic E-state index is 12.4. The smallest absolute Gasteiger partial charge is 0.233 e. The molecule has 0 spiro atoms. The van der Waals surface area contributed by atoms with E-state index in [-0.39, 0.29) is 17.2 Å². The first-order chi connectivity index (χ1) is 11.4. The minimum Gasteiger partial charge on any atom is -0.349 e. The molecule has 1 amide bonds. The number of thioether (sulfide) groups is 1. The van der Waals surface area contributed by atoms with Gasteiger partial charge in [-0.25, -0.2) is 0 Å². The predicted molar refractivity (Wildman–Crippen MR) is 98.6 cm³/mol. The Morgan fingerprint density at radius 1 is 1.46 bits per heavy atom. The van der Waals surface area contributed by atoms with Crippen LogP contribution in [0.4, 0.5) is 0 Å². The second kappa shape index (κ2) is 8.55. The summed E-state index contributed by atoms with van der Waals surface area (Å²) in [5, 5.41) is 12.3. The number of nitrogens with zero attached hydrogens (tertiary/aromatic N) is 3. The fraction of sp³-hybridized carbons (Fsp3) is 0.312. The molecule has 24 heavy (non-hydrogen) atoms. The molecule has 0 aliphatic rings. The Morgan fingerprint density at radius 2 is 2.21 bits per heavy atom. The summed E-state index contributed by atoms with van der Waals surface area (Å²) >= 11 is 13.4. The van der Waals surface area contributed by atoms with Gasteiger partial charge in [0, 0.05) is 16.6 Å². The number of allylic oxidation sites excluding steroid dienone is 1. The topological polar surface area (TPSA) is 59.8 Å². The largest absolute Gasteiger partial charge is 0.349 e. The van der Waals surface area contributed by atoms with Crippen molar-refractivity contribution in [3.63, 3.8) is 0 Å². The molecule has 128 valence electrons. The summed E-state index contributed by atoms with van der Waals surface area (Å²) in [5.74, 6) is -0.105. The average Bonchev–Trinajstić information content (AvgIpc) is 2.94. The molecule has 0 radical (unpaired) electrons. The Labute approximate surface area is 155 Å². The van der Waals surface area contributed by atoms with Gasteiger partial charge in [-0.15, -0.1) is 16.8 Å². The summed E-state index contributed by atoms with van der Waals surface area (Å²) in [6.07, 6.45) is 3.37. The Hall–Kier alpha value is -1.50. The molecule has 1 heterocycles. The SMILES string of the molecule is C=CCn1cnnc1SC(C)C(=O)NC(C)c1ccc(Cl)cc1Cl. The standard InChI is InChI=1S/C16H18Cl2N4OS/c1-4-7-22-9-19-21-16(22)24-11(3)15(23)20-10(2)13-6-5-12(17)8-14(13)18/h4-6,8-11H,1,7H2,2-3H3,(H,20,23). The lowest BCUT2D eigenvalue weighted by atomic mass is 10.1. The minimum absolute atomic E-state index is 0.105. The highest BCUT2D eigenvalue weighted by atomic mass is 35.5. The monoisotopic (exact) mass is 384 g/mol. The van der Waals surface area contributed by atoms with E-state index in [4.69, 9.17) is 23.2 Å². The van der Waals surface area contributed by atoms with Gasteiger partial charge < -0.3 is 9.88 Å². The summed E-state index contributed by atoms with van der Waals surface area (Å²) < 4.78 is 1.83. The summed E-state index contributed by atoms with van der Waals surface area (Å²) in [6.45, 7) is 7.99. The number of nitrogens with one attached hydrogen (secondary N) is 1. The molecule has 0 aliphatic carbocycles. The van der Waals surface area contributed by atoms with E-state index in [0.29, 0.717) is 21.7 Å². The van der Waals surface area contributed by atoms with Crippen LogP contribution in [0.3, 0.4) is 0 Å². The van der Waals surface area contributed by atoms with Crippen molar-refractivity contribution < 1.29 is 4.79 Å². The molecule has 0 aliphatic heterocycles. The Balaban J connectivity index is 2.00. The number of amides is 1. The normalized spacial score (nSPS) is 13.3. The van der Waals surface area contributed by atoms with Gasteiger partial charge in [0.1, 0.15) is 6.33 Å². The third-order valence-corrected chi connectivity index (χ3v) is 5.00. The summed E-state index contributed by atoms with van der Waals surface area (Å²) in [5.41, 5.74) is 0.821. The molecule has 5 nitrogen and oxygen atoms in total. The van der Waals surface area contributed by atoms with E-state index in [1.54, 1.807) is 24.5 Å². The van der Waals surface area contributed by atoms with Crippen LogP contribution in [0, 0.1) is 0 Å². The number of rotatable bonds is 7. The van der Waals surface area contributed by atoms with Gasteiger partial charge >= 0.3 is 0 Å². The summed E-state index contributed by atoms with van der Waals surface area (Å²) in [7, 11) is 0. The quantitative estimate of drug-likeness (QED) is 0.575. The molecule has 2 aromatic rings. The lowest BCUT2D eigenvalue weighted by Crippen LogP contribution is -2.33. The predicted octanol–water partition coefficient (Wildman–Crippen LogP) is 4.13. The lowest BCUT2D eigenvalue weighted by molar-refractivity contribution is -0.120. The molecule has 2 atom stereocenters. The molecule has 2 unspecified atom stereocenters. The number of aromatic nitrogens is 3. The first kappa shape index (κ1) is 18.8. The molecule has 0 saturated carbocycles. The average molecular weight is 385 g/mol. The van der Waals surface area contributed by atoms with Crippen molar-refractivity contribution in [2.24, 2.45) is 0 Å². The van der Waals surface area contributed by atoms with Gasteiger partial charge in [0.2, 0.25) is 5.91 Å². The van der Waals surface area contributed by atoms with Crippen LogP contribution in [0.5, 0.6) is 0 Å². The van der Waals surface area contributed by atoms with E-state index < -0.39 is 0 Å². The van der Waals surface area contributed by atoms with E-state index in [0.717, 1.165) is 5.56 Å². The summed E-state index contributed by atoms with van der Waals surface area (Å²) in [6, 6.07) is 5.00. The molecular formula is C16H18Cl2N4OS. The number of halogens is 2. The molecule has 1 N–H and O–H groups in total. The maximum Gasteiger partial charge on any atom is 0.233 e. The maximum absolute atomic E-state index is 12.4. The number of carbonyl (C=O) groups is 1. The van der Waals surface area contributed by atoms with Crippen LogP contribution in [0.15, 0.2) is 42.3 Å². The van der Waals surface area contributed by atoms with Crippen LogP contribution >= 0.6 is 35.0 Å². The van der Waals surface area contributed by atoms with Crippen molar-refractivity contribution >= 4 is 40.9 Å².